The second-order valence-corrected chi connectivity index (χ2v) is 4.67. The Labute approximate surface area is 108 Å². The van der Waals surface area contributed by atoms with Crippen LogP contribution in [0.4, 0.5) is 5.82 Å². The quantitative estimate of drug-likeness (QED) is 0.702. The van der Waals surface area contributed by atoms with E-state index in [1.54, 1.807) is 13.4 Å². The van der Waals surface area contributed by atoms with Crippen LogP contribution in [0.3, 0.4) is 0 Å². The highest BCUT2D eigenvalue weighted by Gasteiger charge is 2.10. The van der Waals surface area contributed by atoms with Gasteiger partial charge in [-0.15, -0.1) is 11.6 Å². The lowest BCUT2D eigenvalue weighted by Crippen LogP contribution is -2.29. The van der Waals surface area contributed by atoms with Crippen LogP contribution >= 0.6 is 11.6 Å². The number of anilines is 1. The Hall–Kier alpha value is -0.870. The molecule has 0 saturated heterocycles. The molecule has 4 nitrogen and oxygen atoms in total. The molecule has 1 heterocycles. The zero-order chi connectivity index (χ0) is 12.7. The average Bonchev–Trinajstić information content (AvgIpc) is 2.30. The van der Waals surface area contributed by atoms with Crippen molar-refractivity contribution >= 4 is 17.4 Å². The molecule has 0 aromatic carbocycles. The van der Waals surface area contributed by atoms with Crippen molar-refractivity contribution in [1.29, 1.82) is 0 Å². The maximum Gasteiger partial charge on any atom is 0.131 e. The molecule has 1 aromatic rings. The third-order valence-corrected chi connectivity index (χ3v) is 2.69. The van der Waals surface area contributed by atoms with Crippen LogP contribution in [-0.4, -0.2) is 42.7 Å². The summed E-state index contributed by atoms with van der Waals surface area (Å²) < 4.78 is 5.01. The molecule has 1 aromatic heterocycles. The summed E-state index contributed by atoms with van der Waals surface area (Å²) in [4.78, 5) is 10.5. The standard InChI is InChI=1S/C12H20ClN3O/c1-4-5-11-6-12(15-9-14-11)16(2)7-10(13)8-17-3/h6,9-10H,4-5,7-8H2,1-3H3. The van der Waals surface area contributed by atoms with E-state index in [-0.39, 0.29) is 5.38 Å². The van der Waals surface area contributed by atoms with Gasteiger partial charge < -0.3 is 9.64 Å². The summed E-state index contributed by atoms with van der Waals surface area (Å²) in [6, 6.07) is 2.01. The van der Waals surface area contributed by atoms with Crippen LogP contribution in [0.5, 0.6) is 0 Å². The maximum absolute atomic E-state index is 6.12. The van der Waals surface area contributed by atoms with Crippen LogP contribution in [0.25, 0.3) is 0 Å². The summed E-state index contributed by atoms with van der Waals surface area (Å²) in [6.07, 6.45) is 3.67. The predicted octanol–water partition coefficient (Wildman–Crippen LogP) is 2.12. The van der Waals surface area contributed by atoms with Gasteiger partial charge in [-0.3, -0.25) is 0 Å². The predicted molar refractivity (Wildman–Crippen MR) is 70.8 cm³/mol. The number of hydrogen-bond acceptors (Lipinski definition) is 4. The molecule has 17 heavy (non-hydrogen) atoms. The lowest BCUT2D eigenvalue weighted by Gasteiger charge is -2.21. The Bertz CT molecular complexity index is 335. The SMILES string of the molecule is CCCc1cc(N(C)CC(Cl)COC)ncn1. The number of halogens is 1. The van der Waals surface area contributed by atoms with E-state index in [0.29, 0.717) is 13.2 Å². The number of aryl methyl sites for hydroxylation is 1. The molecular formula is C12H20ClN3O. The highest BCUT2D eigenvalue weighted by Crippen LogP contribution is 2.12. The molecule has 0 spiro atoms. The van der Waals surface area contributed by atoms with Crippen molar-refractivity contribution in [1.82, 2.24) is 9.97 Å². The van der Waals surface area contributed by atoms with Crippen LogP contribution in [0, 0.1) is 0 Å². The van der Waals surface area contributed by atoms with E-state index in [1.165, 1.54) is 0 Å². The van der Waals surface area contributed by atoms with Crippen molar-refractivity contribution in [2.45, 2.75) is 25.1 Å². The number of aromatic nitrogens is 2. The lowest BCUT2D eigenvalue weighted by atomic mass is 10.2. The first kappa shape index (κ1) is 14.2. The van der Waals surface area contributed by atoms with Crippen molar-refractivity contribution < 1.29 is 4.74 Å². The summed E-state index contributed by atoms with van der Waals surface area (Å²) in [5.41, 5.74) is 1.07. The van der Waals surface area contributed by atoms with Crippen molar-refractivity contribution in [3.63, 3.8) is 0 Å². The number of rotatable bonds is 7. The Balaban J connectivity index is 2.61. The summed E-state index contributed by atoms with van der Waals surface area (Å²) in [6.45, 7) is 3.38. The van der Waals surface area contributed by atoms with Gasteiger partial charge in [-0.05, 0) is 6.42 Å². The van der Waals surface area contributed by atoms with Gasteiger partial charge in [0.2, 0.25) is 0 Å². The normalized spacial score (nSPS) is 12.5. The maximum atomic E-state index is 6.12. The van der Waals surface area contributed by atoms with Crippen LogP contribution in [0.15, 0.2) is 12.4 Å². The van der Waals surface area contributed by atoms with E-state index >= 15 is 0 Å². The summed E-state index contributed by atoms with van der Waals surface area (Å²) in [5, 5.41) is -0.0328. The summed E-state index contributed by atoms with van der Waals surface area (Å²) >= 11 is 6.12. The van der Waals surface area contributed by atoms with Gasteiger partial charge in [0.15, 0.2) is 0 Å². The van der Waals surface area contributed by atoms with Crippen LogP contribution < -0.4 is 4.90 Å². The molecule has 1 unspecified atom stereocenters. The second kappa shape index (κ2) is 7.45. The fourth-order valence-corrected chi connectivity index (χ4v) is 1.94. The molecule has 0 N–H and O–H groups in total. The third-order valence-electron chi connectivity index (χ3n) is 2.43. The van der Waals surface area contributed by atoms with E-state index in [9.17, 15) is 0 Å². The first-order chi connectivity index (χ1) is 8.17. The zero-order valence-corrected chi connectivity index (χ0v) is 11.4. The molecule has 0 aliphatic rings. The number of ether oxygens (including phenoxy) is 1. The highest BCUT2D eigenvalue weighted by molar-refractivity contribution is 6.21. The van der Waals surface area contributed by atoms with Crippen molar-refractivity contribution in [2.75, 3.05) is 32.2 Å². The van der Waals surface area contributed by atoms with Gasteiger partial charge in [0.05, 0.1) is 12.0 Å². The molecule has 0 aliphatic carbocycles. The minimum atomic E-state index is -0.0328. The highest BCUT2D eigenvalue weighted by atomic mass is 35.5. The zero-order valence-electron chi connectivity index (χ0n) is 10.7. The summed E-state index contributed by atoms with van der Waals surface area (Å²) in [5.74, 6) is 0.908. The molecule has 1 rings (SSSR count). The Morgan fingerprint density at radius 3 is 2.88 bits per heavy atom. The third kappa shape index (κ3) is 4.88. The van der Waals surface area contributed by atoms with Crippen LogP contribution in [0.1, 0.15) is 19.0 Å². The molecular weight excluding hydrogens is 238 g/mol. The van der Waals surface area contributed by atoms with E-state index in [0.717, 1.165) is 24.4 Å². The minimum absolute atomic E-state index is 0.0328. The van der Waals surface area contributed by atoms with Crippen LogP contribution in [0.2, 0.25) is 0 Å². The fourth-order valence-electron chi connectivity index (χ4n) is 1.61. The molecule has 0 saturated carbocycles. The molecule has 1 atom stereocenters. The monoisotopic (exact) mass is 257 g/mol. The smallest absolute Gasteiger partial charge is 0.131 e. The van der Waals surface area contributed by atoms with Gasteiger partial charge in [0.1, 0.15) is 12.1 Å². The minimum Gasteiger partial charge on any atom is -0.383 e. The Morgan fingerprint density at radius 1 is 1.47 bits per heavy atom. The Kier molecular flexibility index (Phi) is 6.22. The largest absolute Gasteiger partial charge is 0.383 e. The topological polar surface area (TPSA) is 38.2 Å². The van der Waals surface area contributed by atoms with E-state index < -0.39 is 0 Å². The second-order valence-electron chi connectivity index (χ2n) is 4.05. The van der Waals surface area contributed by atoms with E-state index in [4.69, 9.17) is 16.3 Å². The van der Waals surface area contributed by atoms with Gasteiger partial charge in [-0.25, -0.2) is 9.97 Å². The van der Waals surface area contributed by atoms with E-state index in [2.05, 4.69) is 16.9 Å². The number of nitrogens with zero attached hydrogens (tertiary/aromatic N) is 3. The van der Waals surface area contributed by atoms with E-state index in [1.807, 2.05) is 18.0 Å². The summed E-state index contributed by atoms with van der Waals surface area (Å²) in [7, 11) is 3.63. The number of methoxy groups -OCH3 is 1. The van der Waals surface area contributed by atoms with Crippen molar-refractivity contribution in [3.05, 3.63) is 18.1 Å². The average molecular weight is 258 g/mol. The van der Waals surface area contributed by atoms with Crippen molar-refractivity contribution in [2.24, 2.45) is 0 Å². The van der Waals surface area contributed by atoms with Crippen LogP contribution in [-0.2, 0) is 11.2 Å². The first-order valence-electron chi connectivity index (χ1n) is 5.82. The van der Waals surface area contributed by atoms with Gasteiger partial charge in [0, 0.05) is 32.5 Å². The van der Waals surface area contributed by atoms with Crippen molar-refractivity contribution in [3.8, 4) is 0 Å². The van der Waals surface area contributed by atoms with Gasteiger partial charge in [-0.2, -0.15) is 0 Å². The number of hydrogen-bond donors (Lipinski definition) is 0. The Morgan fingerprint density at radius 2 is 2.24 bits per heavy atom. The molecule has 0 bridgehead atoms. The lowest BCUT2D eigenvalue weighted by molar-refractivity contribution is 0.199. The molecule has 0 aliphatic heterocycles. The molecule has 0 radical (unpaired) electrons. The van der Waals surface area contributed by atoms with Gasteiger partial charge in [-0.1, -0.05) is 13.3 Å². The fraction of sp³-hybridized carbons (Fsp3) is 0.667. The molecule has 0 amide bonds. The van der Waals surface area contributed by atoms with Gasteiger partial charge in [0.25, 0.3) is 0 Å². The first-order valence-corrected chi connectivity index (χ1v) is 6.26. The molecule has 96 valence electrons. The molecule has 5 heteroatoms. The van der Waals surface area contributed by atoms with Gasteiger partial charge >= 0.3 is 0 Å². The number of alkyl halides is 1. The molecule has 0 fully saturated rings.